The fourth-order valence-corrected chi connectivity index (χ4v) is 5.22. The number of pyridine rings is 1. The van der Waals surface area contributed by atoms with Gasteiger partial charge in [-0.2, -0.15) is 13.2 Å². The summed E-state index contributed by atoms with van der Waals surface area (Å²) in [5.41, 5.74) is -2.36. The van der Waals surface area contributed by atoms with Crippen LogP contribution in [0.4, 0.5) is 27.8 Å². The van der Waals surface area contributed by atoms with Crippen LogP contribution in [0.15, 0.2) is 12.3 Å². The van der Waals surface area contributed by atoms with Crippen molar-refractivity contribution in [3.05, 3.63) is 28.5 Å². The zero-order chi connectivity index (χ0) is 30.0. The number of hydrogen-bond donors (Lipinski definition) is 3. The summed E-state index contributed by atoms with van der Waals surface area (Å²) in [6.07, 6.45) is -4.72. The molecule has 0 radical (unpaired) electrons. The van der Waals surface area contributed by atoms with Gasteiger partial charge in [0, 0.05) is 29.9 Å². The van der Waals surface area contributed by atoms with Crippen molar-refractivity contribution in [3.63, 3.8) is 0 Å². The monoisotopic (exact) mass is 591 g/mol. The molecule has 0 spiro atoms. The van der Waals surface area contributed by atoms with E-state index >= 15 is 0 Å². The van der Waals surface area contributed by atoms with Gasteiger partial charge >= 0.3 is 6.18 Å². The van der Waals surface area contributed by atoms with Gasteiger partial charge in [0.2, 0.25) is 0 Å². The van der Waals surface area contributed by atoms with Crippen molar-refractivity contribution >= 4 is 29.0 Å². The highest BCUT2D eigenvalue weighted by atomic mass is 32.1. The number of nitrogens with one attached hydrogen (secondary N) is 2. The molecule has 0 aliphatic carbocycles. The molecule has 8 nitrogen and oxygen atoms in total. The van der Waals surface area contributed by atoms with Gasteiger partial charge in [0.15, 0.2) is 5.01 Å². The Morgan fingerprint density at radius 1 is 1.25 bits per heavy atom. The van der Waals surface area contributed by atoms with Crippen LogP contribution in [0.1, 0.15) is 92.6 Å². The number of aromatic nitrogens is 2. The Hall–Kier alpha value is -2.87. The molecule has 0 aromatic carbocycles. The summed E-state index contributed by atoms with van der Waals surface area (Å²) in [4.78, 5) is 36.3. The first-order valence-electron chi connectivity index (χ1n) is 13.0. The highest BCUT2D eigenvalue weighted by molar-refractivity contribution is 7.17. The van der Waals surface area contributed by atoms with Gasteiger partial charge in [-0.15, -0.1) is 11.3 Å². The summed E-state index contributed by atoms with van der Waals surface area (Å²) >= 11 is 0.701. The minimum Gasteiger partial charge on any atom is -0.388 e. The molecule has 2 aromatic rings. The number of likely N-dealkylation sites (tertiary alicyclic amines) is 1. The molecule has 2 aromatic heterocycles. The number of amides is 2. The summed E-state index contributed by atoms with van der Waals surface area (Å²) in [6, 6.07) is -2.03. The molecule has 1 fully saturated rings. The number of alkyl halides is 5. The third-order valence-corrected chi connectivity index (χ3v) is 8.12. The maximum atomic E-state index is 14.3. The quantitative estimate of drug-likeness (QED) is 0.318. The van der Waals surface area contributed by atoms with E-state index in [1.807, 2.05) is 6.92 Å². The molecule has 3 N–H and O–H groups in total. The van der Waals surface area contributed by atoms with Crippen LogP contribution in [0.5, 0.6) is 0 Å². The van der Waals surface area contributed by atoms with Gasteiger partial charge in [-0.3, -0.25) is 9.59 Å². The van der Waals surface area contributed by atoms with Crippen molar-refractivity contribution in [2.24, 2.45) is 0 Å². The summed E-state index contributed by atoms with van der Waals surface area (Å²) in [6.45, 7) is 8.15. The van der Waals surface area contributed by atoms with Crippen LogP contribution >= 0.6 is 11.3 Å². The number of aliphatic hydroxyl groups is 1. The molecular weight excluding hydrogens is 557 g/mol. The van der Waals surface area contributed by atoms with Crippen LogP contribution in [0.3, 0.4) is 0 Å². The molecule has 0 saturated carbocycles. The van der Waals surface area contributed by atoms with Crippen molar-refractivity contribution in [3.8, 4) is 10.4 Å². The lowest BCUT2D eigenvalue weighted by molar-refractivity contribution is -0.142. The molecule has 222 valence electrons. The number of carbonyl (C=O) groups excluding carboxylic acids is 2. The predicted octanol–water partition coefficient (Wildman–Crippen LogP) is 5.80. The molecule has 2 amide bonds. The van der Waals surface area contributed by atoms with Crippen LogP contribution in [0.25, 0.3) is 10.4 Å². The van der Waals surface area contributed by atoms with Crippen LogP contribution in [-0.4, -0.2) is 68.2 Å². The topological polar surface area (TPSA) is 107 Å². The van der Waals surface area contributed by atoms with E-state index < -0.39 is 53.5 Å². The van der Waals surface area contributed by atoms with E-state index in [-0.39, 0.29) is 33.6 Å². The number of hydrogen-bond acceptors (Lipinski definition) is 7. The average molecular weight is 592 g/mol. The normalized spacial score (nSPS) is 18.0. The van der Waals surface area contributed by atoms with Gasteiger partial charge in [0.05, 0.1) is 16.5 Å². The number of nitrogens with zero attached hydrogens (tertiary/aromatic N) is 3. The van der Waals surface area contributed by atoms with Gasteiger partial charge in [-0.05, 0) is 59.4 Å². The highest BCUT2D eigenvalue weighted by Gasteiger charge is 2.39. The van der Waals surface area contributed by atoms with Crippen LogP contribution in [0.2, 0.25) is 0 Å². The molecule has 1 saturated heterocycles. The van der Waals surface area contributed by atoms with Gasteiger partial charge in [0.1, 0.15) is 17.6 Å². The number of piperidine rings is 1. The zero-order valence-corrected chi connectivity index (χ0v) is 23.7. The predicted molar refractivity (Wildman–Crippen MR) is 142 cm³/mol. The molecule has 3 atom stereocenters. The lowest BCUT2D eigenvalue weighted by Gasteiger charge is -2.33. The van der Waals surface area contributed by atoms with Crippen molar-refractivity contribution in [1.82, 2.24) is 20.2 Å². The van der Waals surface area contributed by atoms with Gasteiger partial charge in [-0.1, -0.05) is 6.92 Å². The smallest absolute Gasteiger partial charge is 0.388 e. The molecular formula is C26H34F5N5O3S. The number of halogens is 5. The minimum absolute atomic E-state index is 0.0407. The lowest BCUT2D eigenvalue weighted by Crippen LogP contribution is -2.47. The molecule has 40 heavy (non-hydrogen) atoms. The molecule has 1 aliphatic rings. The van der Waals surface area contributed by atoms with E-state index in [4.69, 9.17) is 0 Å². The van der Waals surface area contributed by atoms with Crippen LogP contribution in [0, 0.1) is 0 Å². The Balaban J connectivity index is 2.10. The second-order valence-corrected chi connectivity index (χ2v) is 11.5. The summed E-state index contributed by atoms with van der Waals surface area (Å²) < 4.78 is 68.3. The Morgan fingerprint density at radius 2 is 1.93 bits per heavy atom. The number of thiazole rings is 1. The Bertz CT molecular complexity index is 1210. The van der Waals surface area contributed by atoms with Gasteiger partial charge < -0.3 is 20.6 Å². The molecule has 1 aliphatic heterocycles. The molecule has 3 heterocycles. The second-order valence-electron chi connectivity index (χ2n) is 10.5. The van der Waals surface area contributed by atoms with E-state index in [0.717, 1.165) is 31.5 Å². The van der Waals surface area contributed by atoms with Crippen molar-refractivity contribution in [1.29, 1.82) is 0 Å². The van der Waals surface area contributed by atoms with Gasteiger partial charge in [0.25, 0.3) is 18.2 Å². The molecule has 14 heteroatoms. The first-order chi connectivity index (χ1) is 18.5. The number of rotatable bonds is 9. The Kier molecular flexibility index (Phi) is 9.76. The maximum absolute atomic E-state index is 14.3. The van der Waals surface area contributed by atoms with E-state index in [1.54, 1.807) is 11.8 Å². The summed E-state index contributed by atoms with van der Waals surface area (Å²) in [5.74, 6) is -1.66. The van der Waals surface area contributed by atoms with Gasteiger partial charge in [-0.25, -0.2) is 18.7 Å². The third-order valence-electron chi connectivity index (χ3n) is 7.04. The first kappa shape index (κ1) is 31.7. The van der Waals surface area contributed by atoms with Crippen molar-refractivity contribution in [2.45, 2.75) is 96.6 Å². The van der Waals surface area contributed by atoms with Crippen molar-refractivity contribution < 1.29 is 36.6 Å². The van der Waals surface area contributed by atoms with Crippen molar-refractivity contribution in [2.75, 3.05) is 11.9 Å². The molecule has 0 bridgehead atoms. The van der Waals surface area contributed by atoms with E-state index in [9.17, 15) is 36.6 Å². The first-order valence-corrected chi connectivity index (χ1v) is 13.8. The Morgan fingerprint density at radius 3 is 2.48 bits per heavy atom. The molecule has 0 unspecified atom stereocenters. The number of anilines is 1. The standard InChI is InChI=1S/C26H34F5N5O3S/c1-6-17(26(29,30)31)34-18-11-15(21(27)28)16(12-32-18)20-19(24(38)36-10-8-7-9-13(36)2)35-23(40-20)22(37)33-14(3)25(4,5)39/h11-14,17,21,39H,6-10H2,1-5H3,(H,32,34)(H,33,37)/t13-,14+,17-/m0/s1. The molecule has 3 rings (SSSR count). The number of carbonyl (C=O) groups is 2. The zero-order valence-electron chi connectivity index (χ0n) is 22.9. The van der Waals surface area contributed by atoms with E-state index in [0.29, 0.717) is 17.9 Å². The second kappa shape index (κ2) is 12.3. The average Bonchev–Trinajstić information content (AvgIpc) is 3.31. The minimum atomic E-state index is -4.62. The maximum Gasteiger partial charge on any atom is 0.408 e. The Labute approximate surface area is 233 Å². The fraction of sp³-hybridized carbons (Fsp3) is 0.615. The van der Waals surface area contributed by atoms with Crippen LogP contribution < -0.4 is 10.6 Å². The highest BCUT2D eigenvalue weighted by Crippen LogP contribution is 2.39. The van der Waals surface area contributed by atoms with E-state index in [1.165, 1.54) is 20.8 Å². The van der Waals surface area contributed by atoms with Crippen LogP contribution in [-0.2, 0) is 0 Å². The summed E-state index contributed by atoms with van der Waals surface area (Å²) in [7, 11) is 0. The SMILES string of the molecule is CC[C@H](Nc1cc(C(F)F)c(-c2sc(C(=O)N[C@H](C)C(C)(C)O)nc2C(=O)N2CCCC[C@@H]2C)cn1)C(F)(F)F. The third kappa shape index (κ3) is 7.25. The fourth-order valence-electron chi connectivity index (χ4n) is 4.23. The largest absolute Gasteiger partial charge is 0.408 e. The lowest BCUT2D eigenvalue weighted by atomic mass is 10.0. The van der Waals surface area contributed by atoms with E-state index in [2.05, 4.69) is 20.6 Å². The summed E-state index contributed by atoms with van der Waals surface area (Å²) in [5, 5.41) is 14.8.